The summed E-state index contributed by atoms with van der Waals surface area (Å²) in [5.41, 5.74) is 3.54. The van der Waals surface area contributed by atoms with Crippen molar-refractivity contribution in [2.75, 3.05) is 0 Å². The Morgan fingerprint density at radius 2 is 2.15 bits per heavy atom. The van der Waals surface area contributed by atoms with Crippen LogP contribution in [0.1, 0.15) is 29.8 Å². The molecule has 0 radical (unpaired) electrons. The number of pyridine rings is 1. The zero-order chi connectivity index (χ0) is 9.10. The number of hydrogen-bond acceptors (Lipinski definition) is 1. The number of hydrogen-bond donors (Lipinski definition) is 0. The first-order chi connectivity index (χ1) is 6.40. The summed E-state index contributed by atoms with van der Waals surface area (Å²) in [6.45, 7) is 7.19. The van der Waals surface area contributed by atoms with Crippen LogP contribution in [0.2, 0.25) is 0 Å². The SMILES string of the molecule is [C-]#[N+]Cc1ccc2c(n1)CCCC2. The lowest BCUT2D eigenvalue weighted by atomic mass is 9.96. The predicted octanol–water partition coefficient (Wildman–Crippen LogP) is 2.38. The van der Waals surface area contributed by atoms with Gasteiger partial charge in [-0.15, -0.1) is 0 Å². The van der Waals surface area contributed by atoms with Gasteiger partial charge in [-0.25, -0.2) is 11.6 Å². The van der Waals surface area contributed by atoms with Crippen molar-refractivity contribution in [3.8, 4) is 0 Å². The molecule has 1 aliphatic rings. The van der Waals surface area contributed by atoms with Crippen LogP contribution >= 0.6 is 0 Å². The van der Waals surface area contributed by atoms with Crippen molar-refractivity contribution in [1.29, 1.82) is 0 Å². The average molecular weight is 172 g/mol. The molecule has 0 N–H and O–H groups in total. The Bertz CT molecular complexity index is 350. The molecule has 66 valence electrons. The third-order valence-electron chi connectivity index (χ3n) is 2.48. The van der Waals surface area contributed by atoms with Gasteiger partial charge in [-0.2, -0.15) is 0 Å². The first-order valence-electron chi connectivity index (χ1n) is 4.71. The van der Waals surface area contributed by atoms with Crippen LogP contribution in [0, 0.1) is 6.57 Å². The molecule has 0 amide bonds. The smallest absolute Gasteiger partial charge is 0.256 e. The molecule has 0 aliphatic heterocycles. The molecule has 0 spiro atoms. The highest BCUT2D eigenvalue weighted by atomic mass is 14.8. The Kier molecular flexibility index (Phi) is 2.27. The van der Waals surface area contributed by atoms with Gasteiger partial charge in [-0.05, 0) is 37.3 Å². The molecule has 0 unspecified atom stereocenters. The van der Waals surface area contributed by atoms with E-state index in [9.17, 15) is 0 Å². The summed E-state index contributed by atoms with van der Waals surface area (Å²) in [6, 6.07) is 4.13. The molecular weight excluding hydrogens is 160 g/mol. The van der Waals surface area contributed by atoms with E-state index in [2.05, 4.69) is 15.9 Å². The number of nitrogens with zero attached hydrogens (tertiary/aromatic N) is 2. The fourth-order valence-electron chi connectivity index (χ4n) is 1.80. The van der Waals surface area contributed by atoms with E-state index < -0.39 is 0 Å². The predicted molar refractivity (Wildman–Crippen MR) is 51.2 cm³/mol. The zero-order valence-electron chi connectivity index (χ0n) is 7.58. The summed E-state index contributed by atoms with van der Waals surface area (Å²) in [5.74, 6) is 0. The van der Waals surface area contributed by atoms with Gasteiger partial charge in [0.05, 0.1) is 0 Å². The van der Waals surface area contributed by atoms with Crippen molar-refractivity contribution in [2.24, 2.45) is 0 Å². The second kappa shape index (κ2) is 3.57. The summed E-state index contributed by atoms with van der Waals surface area (Å²) < 4.78 is 0. The standard InChI is InChI=1S/C11H12N2/c1-12-8-10-7-6-9-4-2-3-5-11(9)13-10/h6-7H,2-5,8H2. The van der Waals surface area contributed by atoms with Gasteiger partial charge in [-0.3, -0.25) is 0 Å². The average Bonchev–Trinajstić information content (AvgIpc) is 2.18. The maximum absolute atomic E-state index is 6.77. The third kappa shape index (κ3) is 1.70. The largest absolute Gasteiger partial charge is 0.310 e. The molecule has 1 aromatic rings. The van der Waals surface area contributed by atoms with Gasteiger partial charge in [0.2, 0.25) is 0 Å². The summed E-state index contributed by atoms with van der Waals surface area (Å²) in [4.78, 5) is 7.83. The van der Waals surface area contributed by atoms with Gasteiger partial charge in [0, 0.05) is 5.69 Å². The van der Waals surface area contributed by atoms with Gasteiger partial charge in [0.15, 0.2) is 0 Å². The normalized spacial score (nSPS) is 14.7. The molecule has 0 saturated heterocycles. The van der Waals surface area contributed by atoms with E-state index in [4.69, 9.17) is 6.57 Å². The molecule has 1 aromatic heterocycles. The van der Waals surface area contributed by atoms with Crippen LogP contribution in [0.25, 0.3) is 4.85 Å². The topological polar surface area (TPSA) is 17.2 Å². The van der Waals surface area contributed by atoms with Crippen molar-refractivity contribution >= 4 is 0 Å². The minimum atomic E-state index is 0.424. The van der Waals surface area contributed by atoms with E-state index in [1.165, 1.54) is 30.5 Å². The Balaban J connectivity index is 2.31. The Morgan fingerprint density at radius 3 is 3.00 bits per heavy atom. The van der Waals surface area contributed by atoms with Crippen molar-refractivity contribution < 1.29 is 0 Å². The maximum Gasteiger partial charge on any atom is 0.256 e. The highest BCUT2D eigenvalue weighted by Crippen LogP contribution is 2.19. The Morgan fingerprint density at radius 1 is 1.31 bits per heavy atom. The molecule has 0 aromatic carbocycles. The van der Waals surface area contributed by atoms with Crippen molar-refractivity contribution in [2.45, 2.75) is 32.2 Å². The summed E-state index contributed by atoms with van der Waals surface area (Å²) in [5, 5.41) is 0. The molecule has 2 rings (SSSR count). The molecule has 2 nitrogen and oxygen atoms in total. The number of aryl methyl sites for hydroxylation is 2. The fourth-order valence-corrected chi connectivity index (χ4v) is 1.80. The van der Waals surface area contributed by atoms with Crippen LogP contribution < -0.4 is 0 Å². The number of rotatable bonds is 1. The van der Waals surface area contributed by atoms with Gasteiger partial charge in [0.1, 0.15) is 5.69 Å². The van der Waals surface area contributed by atoms with Crippen LogP contribution in [0.15, 0.2) is 12.1 Å². The van der Waals surface area contributed by atoms with Gasteiger partial charge in [-0.1, -0.05) is 6.07 Å². The van der Waals surface area contributed by atoms with Crippen molar-refractivity contribution in [1.82, 2.24) is 4.98 Å². The molecule has 0 bridgehead atoms. The molecule has 0 atom stereocenters. The van der Waals surface area contributed by atoms with E-state index in [1.807, 2.05) is 6.07 Å². The maximum atomic E-state index is 6.77. The van der Waals surface area contributed by atoms with Crippen LogP contribution in [-0.4, -0.2) is 4.98 Å². The van der Waals surface area contributed by atoms with Crippen LogP contribution in [0.3, 0.4) is 0 Å². The minimum Gasteiger partial charge on any atom is -0.310 e. The van der Waals surface area contributed by atoms with Crippen molar-refractivity contribution in [3.05, 3.63) is 40.5 Å². The molecule has 0 saturated carbocycles. The highest BCUT2D eigenvalue weighted by molar-refractivity contribution is 5.25. The summed E-state index contributed by atoms with van der Waals surface area (Å²) in [7, 11) is 0. The van der Waals surface area contributed by atoms with Gasteiger partial charge >= 0.3 is 0 Å². The second-order valence-corrected chi connectivity index (χ2v) is 3.43. The van der Waals surface area contributed by atoms with Gasteiger partial charge < -0.3 is 4.85 Å². The number of fused-ring (bicyclic) bond motifs is 1. The first-order valence-corrected chi connectivity index (χ1v) is 4.71. The third-order valence-corrected chi connectivity index (χ3v) is 2.48. The fraction of sp³-hybridized carbons (Fsp3) is 0.455. The Hall–Kier alpha value is -1.36. The summed E-state index contributed by atoms with van der Waals surface area (Å²) in [6.07, 6.45) is 4.81. The highest BCUT2D eigenvalue weighted by Gasteiger charge is 2.11. The quantitative estimate of drug-likeness (QED) is 0.594. The second-order valence-electron chi connectivity index (χ2n) is 3.43. The lowest BCUT2D eigenvalue weighted by Crippen LogP contribution is -2.06. The minimum absolute atomic E-state index is 0.424. The summed E-state index contributed by atoms with van der Waals surface area (Å²) >= 11 is 0. The molecule has 2 heteroatoms. The monoisotopic (exact) mass is 172 g/mol. The first kappa shape index (κ1) is 8.25. The van der Waals surface area contributed by atoms with Crippen LogP contribution in [0.5, 0.6) is 0 Å². The molecule has 13 heavy (non-hydrogen) atoms. The van der Waals surface area contributed by atoms with Crippen LogP contribution in [0.4, 0.5) is 0 Å². The lowest BCUT2D eigenvalue weighted by Gasteiger charge is -2.13. The number of aromatic nitrogens is 1. The van der Waals surface area contributed by atoms with Crippen molar-refractivity contribution in [3.63, 3.8) is 0 Å². The van der Waals surface area contributed by atoms with Gasteiger partial charge in [0.25, 0.3) is 6.54 Å². The molecule has 1 aliphatic carbocycles. The van der Waals surface area contributed by atoms with E-state index >= 15 is 0 Å². The van der Waals surface area contributed by atoms with Crippen LogP contribution in [-0.2, 0) is 19.4 Å². The molecule has 0 fully saturated rings. The van der Waals surface area contributed by atoms with E-state index in [1.54, 1.807) is 0 Å². The molecule has 1 heterocycles. The van der Waals surface area contributed by atoms with E-state index in [-0.39, 0.29) is 0 Å². The van der Waals surface area contributed by atoms with E-state index in [0.29, 0.717) is 6.54 Å². The van der Waals surface area contributed by atoms with E-state index in [0.717, 1.165) is 12.1 Å². The molecular formula is C11H12N2. The lowest BCUT2D eigenvalue weighted by molar-refractivity contribution is 0.664. The zero-order valence-corrected chi connectivity index (χ0v) is 7.58. The Labute approximate surface area is 78.4 Å².